The van der Waals surface area contributed by atoms with E-state index in [4.69, 9.17) is 32.7 Å². The molecule has 1 radical (unpaired) electrons. The number of nitrogens with zero attached hydrogens (tertiary/aromatic N) is 1. The summed E-state index contributed by atoms with van der Waals surface area (Å²) in [5, 5.41) is 2.87. The quantitative estimate of drug-likeness (QED) is 0.225. The predicted octanol–water partition coefficient (Wildman–Crippen LogP) is 2.85. The predicted molar refractivity (Wildman–Crippen MR) is 115 cm³/mol. The monoisotopic (exact) mass is 429 g/mol. The van der Waals surface area contributed by atoms with Gasteiger partial charge in [-0.1, -0.05) is 6.07 Å². The van der Waals surface area contributed by atoms with Gasteiger partial charge in [-0.05, 0) is 32.9 Å². The van der Waals surface area contributed by atoms with Crippen LogP contribution in [0.1, 0.15) is 27.2 Å². The van der Waals surface area contributed by atoms with Gasteiger partial charge >= 0.3 is 5.97 Å². The first kappa shape index (κ1) is 24.6. The third-order valence-electron chi connectivity index (χ3n) is 3.58. The van der Waals surface area contributed by atoms with Crippen LogP contribution < -0.4 is 14.9 Å². The van der Waals surface area contributed by atoms with Crippen LogP contribution in [0.4, 0.5) is 5.69 Å². The fourth-order valence-electron chi connectivity index (χ4n) is 2.47. The molecule has 0 fully saturated rings. The van der Waals surface area contributed by atoms with Crippen molar-refractivity contribution in [3.8, 4) is 5.75 Å². The van der Waals surface area contributed by atoms with Crippen molar-refractivity contribution < 1.29 is 19.1 Å². The summed E-state index contributed by atoms with van der Waals surface area (Å²) in [5.74, 6) is 1.27. The van der Waals surface area contributed by atoms with Gasteiger partial charge in [0.05, 0.1) is 12.6 Å². The van der Waals surface area contributed by atoms with E-state index in [9.17, 15) is 9.59 Å². The molecule has 155 valence electrons. The average molecular weight is 430 g/mol. The van der Waals surface area contributed by atoms with Crippen molar-refractivity contribution in [2.24, 2.45) is 0 Å². The Hall–Kier alpha value is -1.44. The highest BCUT2D eigenvalue weighted by molar-refractivity contribution is 6.64. The van der Waals surface area contributed by atoms with Crippen LogP contribution in [0.5, 0.6) is 5.75 Å². The maximum Gasteiger partial charge on any atom is 0.307 e. The molecule has 0 aliphatic heterocycles. The lowest BCUT2D eigenvalue weighted by Crippen LogP contribution is -2.40. The number of benzene rings is 1. The van der Waals surface area contributed by atoms with Crippen LogP contribution in [0.2, 0.25) is 0 Å². The molecule has 0 spiro atoms. The maximum absolute atomic E-state index is 12.1. The molecule has 0 heterocycles. The minimum absolute atomic E-state index is 0.0753. The molecule has 1 aromatic carbocycles. The Kier molecular flexibility index (Phi) is 11.3. The topological polar surface area (TPSA) is 67.9 Å². The van der Waals surface area contributed by atoms with E-state index >= 15 is 0 Å². The number of esters is 1. The van der Waals surface area contributed by atoms with E-state index in [0.29, 0.717) is 36.8 Å². The summed E-state index contributed by atoms with van der Waals surface area (Å²) in [6.45, 7) is 6.96. The highest BCUT2D eigenvalue weighted by Gasteiger charge is 2.21. The van der Waals surface area contributed by atoms with Crippen LogP contribution in [-0.2, 0) is 14.3 Å². The van der Waals surface area contributed by atoms with E-state index in [1.807, 2.05) is 24.3 Å². The number of anilines is 1. The molecule has 0 bridgehead atoms. The van der Waals surface area contributed by atoms with Crippen LogP contribution in [-0.4, -0.2) is 62.7 Å². The normalized spacial score (nSPS) is 12.2. The first-order valence-corrected chi connectivity index (χ1v) is 10.2. The molecular formula is C19H28BCl2N2O4. The minimum Gasteiger partial charge on any atom is -0.492 e. The number of hydrogen-bond acceptors (Lipinski definition) is 6. The molecule has 28 heavy (non-hydrogen) atoms. The van der Waals surface area contributed by atoms with Gasteiger partial charge in [-0.3, -0.25) is 4.79 Å². The van der Waals surface area contributed by atoms with Gasteiger partial charge in [-0.15, -0.1) is 23.2 Å². The van der Waals surface area contributed by atoms with Crippen LogP contribution in [0.3, 0.4) is 0 Å². The average Bonchev–Trinajstić information content (AvgIpc) is 2.62. The number of halogens is 2. The maximum atomic E-state index is 12.1. The molecule has 1 aromatic rings. The molecule has 0 saturated carbocycles. The molecule has 0 saturated heterocycles. The highest BCUT2D eigenvalue weighted by Crippen LogP contribution is 2.22. The second-order valence-corrected chi connectivity index (χ2v) is 7.89. The Bertz CT molecular complexity index is 608. The summed E-state index contributed by atoms with van der Waals surface area (Å²) in [6, 6.07) is 7.17. The van der Waals surface area contributed by atoms with Crippen LogP contribution in [0, 0.1) is 0 Å². The standard InChI is InChI=1S/C19H28BCl2N2O4/c1-19(2,3)28-18(26)11-15(23-20-14-25)13-27-17-6-4-5-16(12-17)24(9-7-21)10-8-22/h4-6,12,14-15,23H,7-11,13H2,1-3H3/t15-/m1/s1. The Balaban J connectivity index is 2.73. The number of ether oxygens (including phenoxy) is 2. The summed E-state index contributed by atoms with van der Waals surface area (Å²) >= 11 is 11.7. The molecule has 1 atom stereocenters. The zero-order chi connectivity index (χ0) is 21.0. The van der Waals surface area contributed by atoms with Gasteiger partial charge in [0.25, 0.3) is 7.41 Å². The first-order chi connectivity index (χ1) is 13.3. The van der Waals surface area contributed by atoms with Gasteiger partial charge in [0.15, 0.2) is 0 Å². The molecular weight excluding hydrogens is 402 g/mol. The smallest absolute Gasteiger partial charge is 0.307 e. The second kappa shape index (κ2) is 12.9. The van der Waals surface area contributed by atoms with E-state index in [1.54, 1.807) is 20.8 Å². The molecule has 0 aliphatic rings. The van der Waals surface area contributed by atoms with E-state index in [-0.39, 0.29) is 19.0 Å². The Morgan fingerprint density at radius 1 is 1.29 bits per heavy atom. The zero-order valence-corrected chi connectivity index (χ0v) is 18.1. The van der Waals surface area contributed by atoms with Crippen molar-refractivity contribution in [3.05, 3.63) is 24.3 Å². The van der Waals surface area contributed by atoms with Gasteiger partial charge in [-0.2, -0.15) is 0 Å². The third-order valence-corrected chi connectivity index (χ3v) is 3.91. The Labute approximate surface area is 178 Å². The van der Waals surface area contributed by atoms with Crippen LogP contribution >= 0.6 is 23.2 Å². The number of carbonyl (C=O) groups is 2. The SMILES string of the molecule is CC(C)(C)OC(=O)C[C@H](COc1cccc(N(CCCl)CCCl)c1)N[B]C=O. The van der Waals surface area contributed by atoms with Gasteiger partial charge in [-0.25, -0.2) is 0 Å². The van der Waals surface area contributed by atoms with Crippen molar-refractivity contribution in [1.29, 1.82) is 0 Å². The van der Waals surface area contributed by atoms with E-state index < -0.39 is 11.6 Å². The number of hydrogen-bond donors (Lipinski definition) is 1. The Morgan fingerprint density at radius 2 is 1.96 bits per heavy atom. The Morgan fingerprint density at radius 3 is 2.54 bits per heavy atom. The highest BCUT2D eigenvalue weighted by atomic mass is 35.5. The van der Waals surface area contributed by atoms with Crippen molar-refractivity contribution >= 4 is 48.5 Å². The first-order valence-electron chi connectivity index (χ1n) is 9.13. The minimum atomic E-state index is -0.570. The largest absolute Gasteiger partial charge is 0.492 e. The van der Waals surface area contributed by atoms with Crippen molar-refractivity contribution in [2.75, 3.05) is 36.4 Å². The van der Waals surface area contributed by atoms with E-state index in [2.05, 4.69) is 10.1 Å². The van der Waals surface area contributed by atoms with Gasteiger partial charge in [0, 0.05) is 42.6 Å². The van der Waals surface area contributed by atoms with Gasteiger partial charge in [0.2, 0.25) is 0 Å². The molecule has 0 unspecified atom stereocenters. The summed E-state index contributed by atoms with van der Waals surface area (Å²) < 4.78 is 11.2. The molecule has 9 heteroatoms. The van der Waals surface area contributed by atoms with Crippen molar-refractivity contribution in [2.45, 2.75) is 38.8 Å². The number of alkyl halides is 2. The molecule has 0 amide bonds. The van der Waals surface area contributed by atoms with Gasteiger partial charge in [0.1, 0.15) is 18.0 Å². The van der Waals surface area contributed by atoms with E-state index in [0.717, 1.165) is 5.69 Å². The summed E-state index contributed by atoms with van der Waals surface area (Å²) in [7, 11) is 1.25. The molecule has 0 aliphatic carbocycles. The summed E-state index contributed by atoms with van der Waals surface area (Å²) in [6.07, 6.45) is 0.699. The second-order valence-electron chi connectivity index (χ2n) is 7.13. The number of nitrogens with one attached hydrogen (secondary N) is 1. The number of carbonyl (C=O) groups excluding carboxylic acids is 2. The number of rotatable bonds is 13. The lowest BCUT2D eigenvalue weighted by molar-refractivity contribution is -0.155. The summed E-state index contributed by atoms with van der Waals surface area (Å²) in [5.41, 5.74) is 0.384. The fourth-order valence-corrected chi connectivity index (χ4v) is 2.87. The molecule has 1 rings (SSSR count). The summed E-state index contributed by atoms with van der Waals surface area (Å²) in [4.78, 5) is 24.8. The van der Waals surface area contributed by atoms with Crippen LogP contribution in [0.25, 0.3) is 0 Å². The molecule has 0 aromatic heterocycles. The fraction of sp³-hybridized carbons (Fsp3) is 0.579. The van der Waals surface area contributed by atoms with Crippen molar-refractivity contribution in [1.82, 2.24) is 5.23 Å². The van der Waals surface area contributed by atoms with Crippen molar-refractivity contribution in [3.63, 3.8) is 0 Å². The lowest BCUT2D eigenvalue weighted by atomic mass is 9.96. The zero-order valence-electron chi connectivity index (χ0n) is 16.6. The molecule has 1 N–H and O–H groups in total. The van der Waals surface area contributed by atoms with Crippen LogP contribution in [0.15, 0.2) is 24.3 Å². The lowest BCUT2D eigenvalue weighted by Gasteiger charge is -2.24. The van der Waals surface area contributed by atoms with E-state index in [1.165, 1.54) is 7.41 Å². The van der Waals surface area contributed by atoms with Gasteiger partial charge < -0.3 is 24.4 Å². The molecule has 6 nitrogen and oxygen atoms in total. The third kappa shape index (κ3) is 10.2.